The van der Waals surface area contributed by atoms with Crippen molar-refractivity contribution in [3.8, 4) is 5.75 Å². The van der Waals surface area contributed by atoms with Crippen molar-refractivity contribution in [2.24, 2.45) is 11.3 Å². The van der Waals surface area contributed by atoms with Gasteiger partial charge in [-0.05, 0) is 99.7 Å². The number of halogens is 3. The average molecular weight is 589 g/mol. The Morgan fingerprint density at radius 3 is 1.98 bits per heavy atom. The SMILES string of the molecule is CC(C)(C)OC(=O)c1ccc(CN2C(=O)N(c3ccc(OC(F)(F)F)cc3)C(=O)C[C@]23CC[C@@H](C(C)(C)C)CC3)cc1. The fraction of sp³-hybridized carbons (Fsp3) is 0.531. The molecule has 1 spiro atoms. The maximum atomic E-state index is 14.1. The zero-order valence-corrected chi connectivity index (χ0v) is 25.0. The van der Waals surface area contributed by atoms with Gasteiger partial charge in [-0.2, -0.15) is 0 Å². The van der Waals surface area contributed by atoms with E-state index in [1.54, 1.807) is 49.9 Å². The number of nitrogens with zero attached hydrogens (tertiary/aromatic N) is 2. The summed E-state index contributed by atoms with van der Waals surface area (Å²) in [4.78, 5) is 42.9. The third kappa shape index (κ3) is 7.25. The van der Waals surface area contributed by atoms with Crippen LogP contribution in [0, 0.1) is 11.3 Å². The molecule has 1 saturated carbocycles. The summed E-state index contributed by atoms with van der Waals surface area (Å²) in [5, 5.41) is 0. The van der Waals surface area contributed by atoms with Crippen LogP contribution >= 0.6 is 0 Å². The van der Waals surface area contributed by atoms with Crippen molar-refractivity contribution in [2.75, 3.05) is 4.90 Å². The number of benzene rings is 2. The van der Waals surface area contributed by atoms with Crippen molar-refractivity contribution in [1.29, 1.82) is 0 Å². The number of carbonyl (C=O) groups excluding carboxylic acids is 3. The molecule has 0 radical (unpaired) electrons. The van der Waals surface area contributed by atoms with Gasteiger partial charge < -0.3 is 14.4 Å². The van der Waals surface area contributed by atoms with Gasteiger partial charge in [0.15, 0.2) is 0 Å². The molecule has 0 aromatic heterocycles. The number of alkyl halides is 3. The lowest BCUT2D eigenvalue weighted by molar-refractivity contribution is -0.274. The van der Waals surface area contributed by atoms with E-state index in [0.717, 1.165) is 35.4 Å². The minimum atomic E-state index is -4.85. The Morgan fingerprint density at radius 2 is 1.48 bits per heavy atom. The molecule has 2 aromatic carbocycles. The predicted molar refractivity (Wildman–Crippen MR) is 152 cm³/mol. The first-order chi connectivity index (χ1) is 19.4. The fourth-order valence-electron chi connectivity index (χ4n) is 5.91. The molecule has 1 aliphatic heterocycles. The summed E-state index contributed by atoms with van der Waals surface area (Å²) in [6, 6.07) is 11.0. The molecular formula is C32H39F3N2O5. The third-order valence-corrected chi connectivity index (χ3v) is 8.12. The molecule has 0 unspecified atom stereocenters. The van der Waals surface area contributed by atoms with Crippen LogP contribution in [0.2, 0.25) is 0 Å². The average Bonchev–Trinajstić information content (AvgIpc) is 2.86. The van der Waals surface area contributed by atoms with E-state index >= 15 is 0 Å². The van der Waals surface area contributed by atoms with Gasteiger partial charge in [-0.25, -0.2) is 14.5 Å². The number of rotatable bonds is 5. The summed E-state index contributed by atoms with van der Waals surface area (Å²) in [6.45, 7) is 12.2. The summed E-state index contributed by atoms with van der Waals surface area (Å²) in [5.41, 5.74) is 0.103. The Morgan fingerprint density at radius 1 is 0.905 bits per heavy atom. The fourth-order valence-corrected chi connectivity index (χ4v) is 5.91. The Kier molecular flexibility index (Phi) is 8.41. The van der Waals surface area contributed by atoms with Crippen LogP contribution in [-0.4, -0.2) is 40.3 Å². The standard InChI is InChI=1S/C32H39F3N2O5/c1-29(2,3)23-15-17-31(18-16-23)19-26(38)37(24-11-13-25(14-12-24)41-32(33,34)35)28(40)36(31)20-21-7-9-22(10-8-21)27(39)42-30(4,5)6/h7-14,23H,15-20H2,1-6H3/t23-,31-. The zero-order valence-electron chi connectivity index (χ0n) is 25.0. The summed E-state index contributed by atoms with van der Waals surface area (Å²) in [5.74, 6) is -0.838. The first-order valence-corrected chi connectivity index (χ1v) is 14.2. The summed E-state index contributed by atoms with van der Waals surface area (Å²) >= 11 is 0. The molecule has 2 fully saturated rings. The lowest BCUT2D eigenvalue weighted by Crippen LogP contribution is -2.64. The molecule has 7 nitrogen and oxygen atoms in total. The lowest BCUT2D eigenvalue weighted by atomic mass is 9.65. The van der Waals surface area contributed by atoms with E-state index in [4.69, 9.17) is 4.74 Å². The molecule has 10 heteroatoms. The van der Waals surface area contributed by atoms with E-state index < -0.39 is 41.2 Å². The molecule has 2 aromatic rings. The van der Waals surface area contributed by atoms with Gasteiger partial charge in [0.05, 0.1) is 23.2 Å². The topological polar surface area (TPSA) is 76.2 Å². The highest BCUT2D eigenvalue weighted by atomic mass is 19.4. The van der Waals surface area contributed by atoms with E-state index in [1.165, 1.54) is 12.1 Å². The number of ether oxygens (including phenoxy) is 2. The molecule has 42 heavy (non-hydrogen) atoms. The molecule has 1 saturated heterocycles. The molecule has 4 rings (SSSR count). The van der Waals surface area contributed by atoms with Gasteiger partial charge in [-0.1, -0.05) is 32.9 Å². The molecule has 0 bridgehead atoms. The number of amides is 3. The Hall–Kier alpha value is -3.56. The summed E-state index contributed by atoms with van der Waals surface area (Å²) < 4.78 is 47.3. The quantitative estimate of drug-likeness (QED) is 0.332. The highest BCUT2D eigenvalue weighted by molar-refractivity contribution is 6.16. The van der Waals surface area contributed by atoms with Crippen molar-refractivity contribution in [3.63, 3.8) is 0 Å². The van der Waals surface area contributed by atoms with E-state index in [0.29, 0.717) is 24.3 Å². The highest BCUT2D eigenvalue weighted by Gasteiger charge is 2.52. The van der Waals surface area contributed by atoms with Crippen molar-refractivity contribution < 1.29 is 37.0 Å². The van der Waals surface area contributed by atoms with Crippen molar-refractivity contribution in [2.45, 2.75) is 97.7 Å². The largest absolute Gasteiger partial charge is 0.573 e. The minimum Gasteiger partial charge on any atom is -0.456 e. The predicted octanol–water partition coefficient (Wildman–Crippen LogP) is 7.87. The van der Waals surface area contributed by atoms with E-state index in [9.17, 15) is 27.6 Å². The second-order valence-electron chi connectivity index (χ2n) is 13.4. The molecular weight excluding hydrogens is 549 g/mol. The number of hydrogen-bond acceptors (Lipinski definition) is 5. The second kappa shape index (κ2) is 11.3. The Balaban J connectivity index is 1.62. The molecule has 0 N–H and O–H groups in total. The molecule has 3 amide bonds. The van der Waals surface area contributed by atoms with Crippen LogP contribution in [0.25, 0.3) is 0 Å². The van der Waals surface area contributed by atoms with Gasteiger partial charge >= 0.3 is 18.4 Å². The Labute approximate surface area is 245 Å². The van der Waals surface area contributed by atoms with E-state index in [-0.39, 0.29) is 24.1 Å². The number of hydrogen-bond donors (Lipinski definition) is 0. The van der Waals surface area contributed by atoms with Crippen LogP contribution in [0.5, 0.6) is 5.75 Å². The maximum absolute atomic E-state index is 14.1. The van der Waals surface area contributed by atoms with Gasteiger partial charge in [-0.15, -0.1) is 13.2 Å². The van der Waals surface area contributed by atoms with E-state index in [1.807, 2.05) is 0 Å². The molecule has 1 heterocycles. The monoisotopic (exact) mass is 588 g/mol. The maximum Gasteiger partial charge on any atom is 0.573 e. The number of urea groups is 1. The number of carbonyl (C=O) groups is 3. The number of imide groups is 1. The van der Waals surface area contributed by atoms with Crippen molar-refractivity contribution in [1.82, 2.24) is 4.90 Å². The van der Waals surface area contributed by atoms with Gasteiger partial charge in [-0.3, -0.25) is 4.79 Å². The zero-order chi connectivity index (χ0) is 31.1. The Bertz CT molecular complexity index is 1300. The smallest absolute Gasteiger partial charge is 0.456 e. The summed E-state index contributed by atoms with van der Waals surface area (Å²) in [7, 11) is 0. The number of esters is 1. The van der Waals surface area contributed by atoms with Crippen LogP contribution in [0.4, 0.5) is 23.7 Å². The normalized spacial score (nSPS) is 22.0. The first-order valence-electron chi connectivity index (χ1n) is 14.2. The van der Waals surface area contributed by atoms with Gasteiger partial charge in [0.25, 0.3) is 0 Å². The first kappa shape index (κ1) is 31.4. The molecule has 228 valence electrons. The van der Waals surface area contributed by atoms with Crippen molar-refractivity contribution >= 4 is 23.6 Å². The van der Waals surface area contributed by atoms with Crippen LogP contribution in [0.15, 0.2) is 48.5 Å². The van der Waals surface area contributed by atoms with Crippen LogP contribution in [0.1, 0.15) is 89.6 Å². The highest BCUT2D eigenvalue weighted by Crippen LogP contribution is 2.48. The van der Waals surface area contributed by atoms with Gasteiger partial charge in [0.2, 0.25) is 5.91 Å². The van der Waals surface area contributed by atoms with Crippen LogP contribution in [0.3, 0.4) is 0 Å². The van der Waals surface area contributed by atoms with Crippen LogP contribution in [-0.2, 0) is 16.1 Å². The summed E-state index contributed by atoms with van der Waals surface area (Å²) in [6.07, 6.45) is -1.70. The number of anilines is 1. The van der Waals surface area contributed by atoms with Gasteiger partial charge in [0, 0.05) is 6.54 Å². The van der Waals surface area contributed by atoms with Crippen LogP contribution < -0.4 is 9.64 Å². The minimum absolute atomic E-state index is 0.0961. The second-order valence-corrected chi connectivity index (χ2v) is 13.4. The lowest BCUT2D eigenvalue weighted by Gasteiger charge is -2.53. The molecule has 0 atom stereocenters. The van der Waals surface area contributed by atoms with Gasteiger partial charge in [0.1, 0.15) is 11.4 Å². The van der Waals surface area contributed by atoms with E-state index in [2.05, 4.69) is 25.5 Å². The third-order valence-electron chi connectivity index (χ3n) is 8.12. The molecule has 2 aliphatic rings. The molecule has 1 aliphatic carbocycles. The van der Waals surface area contributed by atoms with Crippen molar-refractivity contribution in [3.05, 3.63) is 59.7 Å².